The van der Waals surface area contributed by atoms with Crippen molar-refractivity contribution >= 4 is 12.6 Å². The summed E-state index contributed by atoms with van der Waals surface area (Å²) in [5.41, 5.74) is 0.975. The fourth-order valence-electron chi connectivity index (χ4n) is 1.91. The second-order valence-electron chi connectivity index (χ2n) is 4.46. The Balaban J connectivity index is 2.05. The molecule has 0 aromatic heterocycles. The van der Waals surface area contributed by atoms with Gasteiger partial charge in [-0.25, -0.2) is 0 Å². The molecule has 2 aromatic carbocycles. The molecule has 120 valence electrons. The summed E-state index contributed by atoms with van der Waals surface area (Å²) in [6, 6.07) is 9.62. The summed E-state index contributed by atoms with van der Waals surface area (Å²) in [6.07, 6.45) is 1.45. The summed E-state index contributed by atoms with van der Waals surface area (Å²) >= 11 is 0. The van der Waals surface area contributed by atoms with Crippen LogP contribution in [-0.2, 0) is 0 Å². The average molecular weight is 316 g/mol. The van der Waals surface area contributed by atoms with Crippen molar-refractivity contribution in [2.24, 2.45) is 0 Å². The van der Waals surface area contributed by atoms with Crippen molar-refractivity contribution in [3.8, 4) is 23.0 Å². The van der Waals surface area contributed by atoms with Gasteiger partial charge in [-0.05, 0) is 36.4 Å². The van der Waals surface area contributed by atoms with Gasteiger partial charge in [0.2, 0.25) is 6.79 Å². The monoisotopic (exact) mass is 316 g/mol. The molecule has 0 spiro atoms. The van der Waals surface area contributed by atoms with E-state index in [0.717, 1.165) is 12.6 Å². The number of methoxy groups -OCH3 is 2. The molecule has 0 atom stereocenters. The van der Waals surface area contributed by atoms with Gasteiger partial charge in [-0.1, -0.05) is 0 Å². The highest BCUT2D eigenvalue weighted by Gasteiger charge is 2.08. The van der Waals surface area contributed by atoms with E-state index in [1.807, 2.05) is 0 Å². The minimum absolute atomic E-state index is 0.0897. The lowest BCUT2D eigenvalue weighted by atomic mass is 10.2. The highest BCUT2D eigenvalue weighted by atomic mass is 16.7. The van der Waals surface area contributed by atoms with Crippen LogP contribution in [0.15, 0.2) is 36.4 Å². The summed E-state index contributed by atoms with van der Waals surface area (Å²) < 4.78 is 21.3. The number of aldehydes is 2. The lowest BCUT2D eigenvalue weighted by molar-refractivity contribution is 0.111. The SMILES string of the molecule is COc1cc(C=O)ccc1OCOc1ccc(C=O)cc1OC. The van der Waals surface area contributed by atoms with Crippen LogP contribution in [0.4, 0.5) is 0 Å². The summed E-state index contributed by atoms with van der Waals surface area (Å²) in [4.78, 5) is 21.5. The van der Waals surface area contributed by atoms with Crippen LogP contribution in [0.3, 0.4) is 0 Å². The Morgan fingerprint density at radius 1 is 0.739 bits per heavy atom. The topological polar surface area (TPSA) is 71.1 Å². The molecule has 0 heterocycles. The smallest absolute Gasteiger partial charge is 0.231 e. The predicted octanol–water partition coefficient (Wildman–Crippen LogP) is 2.74. The number of carbonyl (C=O) groups is 2. The van der Waals surface area contributed by atoms with Crippen molar-refractivity contribution < 1.29 is 28.5 Å². The van der Waals surface area contributed by atoms with Gasteiger partial charge in [0.15, 0.2) is 23.0 Å². The molecule has 2 aromatic rings. The van der Waals surface area contributed by atoms with E-state index in [2.05, 4.69) is 0 Å². The normalized spacial score (nSPS) is 9.83. The molecule has 0 saturated carbocycles. The zero-order valence-corrected chi connectivity index (χ0v) is 12.8. The first-order valence-electron chi connectivity index (χ1n) is 6.74. The van der Waals surface area contributed by atoms with Crippen molar-refractivity contribution in [3.63, 3.8) is 0 Å². The van der Waals surface area contributed by atoms with Crippen LogP contribution in [0.1, 0.15) is 20.7 Å². The van der Waals surface area contributed by atoms with Crippen molar-refractivity contribution in [2.75, 3.05) is 21.0 Å². The Morgan fingerprint density at radius 3 is 1.52 bits per heavy atom. The van der Waals surface area contributed by atoms with Gasteiger partial charge in [0.1, 0.15) is 12.6 Å². The number of hydrogen-bond donors (Lipinski definition) is 0. The third kappa shape index (κ3) is 4.00. The predicted molar refractivity (Wildman–Crippen MR) is 82.9 cm³/mol. The molecule has 0 aliphatic rings. The van der Waals surface area contributed by atoms with Gasteiger partial charge in [-0.2, -0.15) is 0 Å². The van der Waals surface area contributed by atoms with E-state index in [-0.39, 0.29) is 6.79 Å². The molecule has 0 saturated heterocycles. The summed E-state index contributed by atoms with van der Waals surface area (Å²) in [5, 5.41) is 0. The van der Waals surface area contributed by atoms with Crippen LogP contribution < -0.4 is 18.9 Å². The molecule has 0 aliphatic heterocycles. The first kappa shape index (κ1) is 16.4. The Kier molecular flexibility index (Phi) is 5.57. The van der Waals surface area contributed by atoms with Crippen molar-refractivity contribution in [1.29, 1.82) is 0 Å². The van der Waals surface area contributed by atoms with Crippen LogP contribution in [-0.4, -0.2) is 33.6 Å². The van der Waals surface area contributed by atoms with E-state index >= 15 is 0 Å². The largest absolute Gasteiger partial charge is 0.493 e. The van der Waals surface area contributed by atoms with Gasteiger partial charge >= 0.3 is 0 Å². The minimum atomic E-state index is -0.0897. The Hall–Kier alpha value is -3.02. The molecule has 23 heavy (non-hydrogen) atoms. The molecule has 0 bridgehead atoms. The van der Waals surface area contributed by atoms with Crippen LogP contribution in [0, 0.1) is 0 Å². The molecule has 0 N–H and O–H groups in total. The fraction of sp³-hybridized carbons (Fsp3) is 0.176. The van der Waals surface area contributed by atoms with Gasteiger partial charge in [0.05, 0.1) is 14.2 Å². The van der Waals surface area contributed by atoms with E-state index in [0.29, 0.717) is 34.1 Å². The highest BCUT2D eigenvalue weighted by Crippen LogP contribution is 2.30. The van der Waals surface area contributed by atoms with Crippen molar-refractivity contribution in [2.45, 2.75) is 0 Å². The Labute approximate surface area is 133 Å². The first-order valence-corrected chi connectivity index (χ1v) is 6.74. The van der Waals surface area contributed by atoms with Gasteiger partial charge in [0.25, 0.3) is 0 Å². The molecule has 2 rings (SSSR count). The third-order valence-corrected chi connectivity index (χ3v) is 3.08. The second-order valence-corrected chi connectivity index (χ2v) is 4.46. The maximum atomic E-state index is 10.7. The fourth-order valence-corrected chi connectivity index (χ4v) is 1.91. The average Bonchev–Trinajstić information content (AvgIpc) is 2.61. The zero-order chi connectivity index (χ0) is 16.7. The van der Waals surface area contributed by atoms with Gasteiger partial charge < -0.3 is 18.9 Å². The van der Waals surface area contributed by atoms with E-state index < -0.39 is 0 Å². The molecule has 6 nitrogen and oxygen atoms in total. The Bertz CT molecular complexity index is 636. The number of benzene rings is 2. The maximum absolute atomic E-state index is 10.7. The summed E-state index contributed by atoms with van der Waals surface area (Å²) in [7, 11) is 2.97. The number of ether oxygens (including phenoxy) is 4. The van der Waals surface area contributed by atoms with Gasteiger partial charge in [0, 0.05) is 11.1 Å². The summed E-state index contributed by atoms with van der Waals surface area (Å²) in [5.74, 6) is 1.76. The molecule has 0 amide bonds. The van der Waals surface area contributed by atoms with Crippen molar-refractivity contribution in [1.82, 2.24) is 0 Å². The molecule has 0 fully saturated rings. The molecular formula is C17H16O6. The van der Waals surface area contributed by atoms with Crippen LogP contribution in [0.5, 0.6) is 23.0 Å². The molecule has 0 unspecified atom stereocenters. The van der Waals surface area contributed by atoms with E-state index in [1.54, 1.807) is 36.4 Å². The van der Waals surface area contributed by atoms with Crippen molar-refractivity contribution in [3.05, 3.63) is 47.5 Å². The zero-order valence-electron chi connectivity index (χ0n) is 12.8. The number of hydrogen-bond acceptors (Lipinski definition) is 6. The molecular weight excluding hydrogens is 300 g/mol. The van der Waals surface area contributed by atoms with Crippen LogP contribution in [0.25, 0.3) is 0 Å². The quantitative estimate of drug-likeness (QED) is 0.551. The Morgan fingerprint density at radius 2 is 1.17 bits per heavy atom. The van der Waals surface area contributed by atoms with Gasteiger partial charge in [-0.3, -0.25) is 9.59 Å². The molecule has 0 aliphatic carbocycles. The first-order chi connectivity index (χ1) is 11.2. The third-order valence-electron chi connectivity index (χ3n) is 3.08. The van der Waals surface area contributed by atoms with Crippen LogP contribution in [0.2, 0.25) is 0 Å². The minimum Gasteiger partial charge on any atom is -0.493 e. The van der Waals surface area contributed by atoms with E-state index in [4.69, 9.17) is 18.9 Å². The van der Waals surface area contributed by atoms with E-state index in [1.165, 1.54) is 14.2 Å². The van der Waals surface area contributed by atoms with E-state index in [9.17, 15) is 9.59 Å². The standard InChI is InChI=1S/C17H16O6/c1-20-16-7-12(9-18)3-5-14(16)22-11-23-15-6-4-13(10-19)8-17(15)21-2/h3-10H,11H2,1-2H3. The number of carbonyl (C=O) groups excluding carboxylic acids is 2. The second kappa shape index (κ2) is 7.84. The van der Waals surface area contributed by atoms with Crippen LogP contribution >= 0.6 is 0 Å². The summed E-state index contributed by atoms with van der Waals surface area (Å²) in [6.45, 7) is -0.0897. The molecule has 6 heteroatoms. The maximum Gasteiger partial charge on any atom is 0.231 e. The molecule has 0 radical (unpaired) electrons. The highest BCUT2D eigenvalue weighted by molar-refractivity contribution is 5.77. The van der Waals surface area contributed by atoms with Gasteiger partial charge in [-0.15, -0.1) is 0 Å². The lowest BCUT2D eigenvalue weighted by Gasteiger charge is -2.13. The lowest BCUT2D eigenvalue weighted by Crippen LogP contribution is -2.07. The number of rotatable bonds is 8.